The molecule has 0 radical (unpaired) electrons. The highest BCUT2D eigenvalue weighted by atomic mass is 16.1. The second-order valence-electron chi connectivity index (χ2n) is 6.90. The van der Waals surface area contributed by atoms with Gasteiger partial charge in [0.15, 0.2) is 0 Å². The Kier molecular flexibility index (Phi) is 2.68. The highest BCUT2D eigenvalue weighted by Crippen LogP contribution is 2.65. The van der Waals surface area contributed by atoms with E-state index < -0.39 is 0 Å². The van der Waals surface area contributed by atoms with Crippen LogP contribution in [0, 0.1) is 30.6 Å². The van der Waals surface area contributed by atoms with Gasteiger partial charge < -0.3 is 11.1 Å². The second kappa shape index (κ2) is 4.32. The van der Waals surface area contributed by atoms with Gasteiger partial charge in [-0.1, -0.05) is 6.07 Å². The van der Waals surface area contributed by atoms with Gasteiger partial charge in [0.2, 0.25) is 5.91 Å². The van der Waals surface area contributed by atoms with Crippen LogP contribution in [0.4, 0.5) is 0 Å². The van der Waals surface area contributed by atoms with Crippen molar-refractivity contribution in [2.45, 2.75) is 38.8 Å². The molecule has 4 rings (SSSR count). The zero-order chi connectivity index (χ0) is 13.9. The molecule has 2 bridgehead atoms. The number of nitrogens with one attached hydrogen (secondary N) is 1. The molecule has 3 fully saturated rings. The number of hydrogen-bond donors (Lipinski definition) is 2. The normalized spacial score (nSPS) is 37.0. The van der Waals surface area contributed by atoms with Gasteiger partial charge >= 0.3 is 0 Å². The molecule has 3 aliphatic carbocycles. The molecule has 3 heteroatoms. The van der Waals surface area contributed by atoms with Crippen LogP contribution in [0.15, 0.2) is 18.2 Å². The molecule has 1 aromatic rings. The van der Waals surface area contributed by atoms with Crippen molar-refractivity contribution in [2.24, 2.45) is 29.4 Å². The van der Waals surface area contributed by atoms with Gasteiger partial charge in [-0.25, -0.2) is 0 Å². The van der Waals surface area contributed by atoms with Gasteiger partial charge in [0.1, 0.15) is 0 Å². The van der Waals surface area contributed by atoms with E-state index in [1.807, 2.05) is 18.2 Å². The first kappa shape index (κ1) is 12.4. The number of primary amides is 1. The van der Waals surface area contributed by atoms with Crippen LogP contribution in [0.2, 0.25) is 0 Å². The molecule has 4 atom stereocenters. The van der Waals surface area contributed by atoms with Gasteiger partial charge in [-0.3, -0.25) is 4.79 Å². The fraction of sp³-hybridized carbons (Fsp3) is 0.588. The van der Waals surface area contributed by atoms with Crippen molar-refractivity contribution in [3.63, 3.8) is 0 Å². The van der Waals surface area contributed by atoms with Crippen LogP contribution < -0.4 is 11.1 Å². The molecule has 20 heavy (non-hydrogen) atoms. The molecule has 0 spiro atoms. The highest BCUT2D eigenvalue weighted by Gasteiger charge is 2.64. The van der Waals surface area contributed by atoms with Crippen LogP contribution in [0.1, 0.15) is 40.7 Å². The van der Waals surface area contributed by atoms with Crippen molar-refractivity contribution in [1.29, 1.82) is 0 Å². The van der Waals surface area contributed by atoms with E-state index in [1.165, 1.54) is 24.8 Å². The third-order valence-electron chi connectivity index (χ3n) is 5.89. The van der Waals surface area contributed by atoms with E-state index in [2.05, 4.69) is 12.2 Å². The van der Waals surface area contributed by atoms with Gasteiger partial charge in [-0.05, 0) is 73.1 Å². The highest BCUT2D eigenvalue weighted by molar-refractivity contribution is 5.93. The fourth-order valence-corrected chi connectivity index (χ4v) is 4.87. The van der Waals surface area contributed by atoms with Crippen LogP contribution in [-0.2, 0) is 6.54 Å². The van der Waals surface area contributed by atoms with Crippen LogP contribution in [-0.4, -0.2) is 11.9 Å². The summed E-state index contributed by atoms with van der Waals surface area (Å²) in [6.07, 6.45) is 4.44. The molecule has 3 saturated carbocycles. The van der Waals surface area contributed by atoms with Crippen molar-refractivity contribution in [3.05, 3.63) is 34.9 Å². The number of benzene rings is 1. The van der Waals surface area contributed by atoms with Gasteiger partial charge in [0.05, 0.1) is 0 Å². The van der Waals surface area contributed by atoms with Crippen molar-refractivity contribution >= 4 is 5.91 Å². The Balaban J connectivity index is 1.40. The van der Waals surface area contributed by atoms with Crippen LogP contribution in [0.3, 0.4) is 0 Å². The van der Waals surface area contributed by atoms with E-state index in [0.29, 0.717) is 5.56 Å². The summed E-state index contributed by atoms with van der Waals surface area (Å²) >= 11 is 0. The summed E-state index contributed by atoms with van der Waals surface area (Å²) in [5.41, 5.74) is 8.35. The molecule has 0 heterocycles. The largest absolute Gasteiger partial charge is 0.366 e. The first-order chi connectivity index (χ1) is 9.65. The van der Waals surface area contributed by atoms with Crippen molar-refractivity contribution in [1.82, 2.24) is 5.32 Å². The molecule has 1 aromatic carbocycles. The average Bonchev–Trinajstić information content (AvgIpc) is 2.81. The first-order valence-electron chi connectivity index (χ1n) is 7.78. The van der Waals surface area contributed by atoms with Gasteiger partial charge in [0, 0.05) is 18.2 Å². The number of carbonyl (C=O) groups is 1. The van der Waals surface area contributed by atoms with E-state index >= 15 is 0 Å². The molecule has 4 unspecified atom stereocenters. The maximum Gasteiger partial charge on any atom is 0.248 e. The van der Waals surface area contributed by atoms with Crippen LogP contribution in [0.25, 0.3) is 0 Å². The van der Waals surface area contributed by atoms with E-state index in [-0.39, 0.29) is 5.91 Å². The van der Waals surface area contributed by atoms with Crippen molar-refractivity contribution < 1.29 is 4.79 Å². The summed E-state index contributed by atoms with van der Waals surface area (Å²) in [5, 5.41) is 3.75. The smallest absolute Gasteiger partial charge is 0.248 e. The Hall–Kier alpha value is -1.35. The SMILES string of the molecule is Cc1cc(C(N)=O)ccc1CNC1C2C3CCC(C3)C12. The zero-order valence-corrected chi connectivity index (χ0v) is 11.9. The summed E-state index contributed by atoms with van der Waals surface area (Å²) in [5.74, 6) is 3.63. The van der Waals surface area contributed by atoms with Gasteiger partial charge in [-0.2, -0.15) is 0 Å². The third kappa shape index (κ3) is 1.80. The van der Waals surface area contributed by atoms with Crippen LogP contribution in [0.5, 0.6) is 0 Å². The quantitative estimate of drug-likeness (QED) is 0.881. The minimum absolute atomic E-state index is 0.346. The number of nitrogens with two attached hydrogens (primary N) is 1. The Morgan fingerprint density at radius 2 is 2.00 bits per heavy atom. The Morgan fingerprint density at radius 3 is 2.60 bits per heavy atom. The molecule has 3 nitrogen and oxygen atoms in total. The van der Waals surface area contributed by atoms with E-state index in [0.717, 1.165) is 41.8 Å². The molecule has 1 amide bonds. The van der Waals surface area contributed by atoms with E-state index in [1.54, 1.807) is 0 Å². The summed E-state index contributed by atoms with van der Waals surface area (Å²) < 4.78 is 0. The first-order valence-corrected chi connectivity index (χ1v) is 7.78. The maximum absolute atomic E-state index is 11.2. The van der Waals surface area contributed by atoms with E-state index in [4.69, 9.17) is 5.73 Å². The molecule has 106 valence electrons. The Morgan fingerprint density at radius 1 is 1.30 bits per heavy atom. The topological polar surface area (TPSA) is 55.1 Å². The summed E-state index contributed by atoms with van der Waals surface area (Å²) in [6.45, 7) is 2.98. The number of aryl methyl sites for hydroxylation is 1. The number of fused-ring (bicyclic) bond motifs is 5. The minimum atomic E-state index is -0.346. The fourth-order valence-electron chi connectivity index (χ4n) is 4.87. The monoisotopic (exact) mass is 270 g/mol. The van der Waals surface area contributed by atoms with Crippen LogP contribution >= 0.6 is 0 Å². The van der Waals surface area contributed by atoms with Gasteiger partial charge in [0.25, 0.3) is 0 Å². The number of carbonyl (C=O) groups excluding carboxylic acids is 1. The number of hydrogen-bond acceptors (Lipinski definition) is 2. The molecule has 0 aromatic heterocycles. The second-order valence-corrected chi connectivity index (χ2v) is 6.90. The molecule has 0 saturated heterocycles. The number of amides is 1. The lowest BCUT2D eigenvalue weighted by Crippen LogP contribution is -2.23. The lowest BCUT2D eigenvalue weighted by Gasteiger charge is -2.12. The predicted octanol–water partition coefficient (Wildman–Crippen LogP) is 2.23. The summed E-state index contributed by atoms with van der Waals surface area (Å²) in [4.78, 5) is 11.2. The summed E-state index contributed by atoms with van der Waals surface area (Å²) in [6, 6.07) is 6.53. The maximum atomic E-state index is 11.2. The Labute approximate surface area is 119 Å². The minimum Gasteiger partial charge on any atom is -0.366 e. The number of rotatable bonds is 4. The summed E-state index contributed by atoms with van der Waals surface area (Å²) in [7, 11) is 0. The standard InChI is InChI=1S/C17H22N2O/c1-9-6-12(17(18)20)4-5-13(9)8-19-16-14-10-2-3-11(7-10)15(14)16/h4-6,10-11,14-16,19H,2-3,7-8H2,1H3,(H2,18,20). The molecular formula is C17H22N2O. The molecule has 3 aliphatic rings. The average molecular weight is 270 g/mol. The lowest BCUT2D eigenvalue weighted by molar-refractivity contribution is 0.1000. The lowest BCUT2D eigenvalue weighted by atomic mass is 10.0. The third-order valence-corrected chi connectivity index (χ3v) is 5.89. The predicted molar refractivity (Wildman–Crippen MR) is 78.1 cm³/mol. The zero-order valence-electron chi connectivity index (χ0n) is 11.9. The Bertz CT molecular complexity index is 552. The van der Waals surface area contributed by atoms with Gasteiger partial charge in [-0.15, -0.1) is 0 Å². The van der Waals surface area contributed by atoms with Crippen molar-refractivity contribution in [3.8, 4) is 0 Å². The molecular weight excluding hydrogens is 248 g/mol. The molecule has 0 aliphatic heterocycles. The van der Waals surface area contributed by atoms with Crippen molar-refractivity contribution in [2.75, 3.05) is 0 Å². The molecule has 3 N–H and O–H groups in total. The van der Waals surface area contributed by atoms with E-state index in [9.17, 15) is 4.79 Å².